The number of hydrogen-bond donors (Lipinski definition) is 1. The van der Waals surface area contributed by atoms with E-state index in [0.717, 1.165) is 17.8 Å². The molecule has 5 unspecified atom stereocenters. The standard InChI is InChI=1S/C9H15NO.ClH/c1-11-9-5-2-6-4-10-8(9)7(6)3-5;/h5-10H,2-4H2,1H3;1H. The van der Waals surface area contributed by atoms with Crippen LogP contribution in [0.25, 0.3) is 0 Å². The molecule has 2 nitrogen and oxygen atoms in total. The number of rotatable bonds is 1. The Balaban J connectivity index is 0.000000563. The quantitative estimate of drug-likeness (QED) is 0.666. The summed E-state index contributed by atoms with van der Waals surface area (Å²) in [5, 5.41) is 3.59. The van der Waals surface area contributed by atoms with Gasteiger partial charge >= 0.3 is 0 Å². The van der Waals surface area contributed by atoms with Crippen LogP contribution in [0.4, 0.5) is 0 Å². The molecule has 3 fully saturated rings. The summed E-state index contributed by atoms with van der Waals surface area (Å²) in [7, 11) is 1.86. The van der Waals surface area contributed by atoms with Crippen molar-refractivity contribution in [2.24, 2.45) is 17.8 Å². The minimum Gasteiger partial charge on any atom is -0.380 e. The molecule has 0 aromatic heterocycles. The molecule has 1 heterocycles. The van der Waals surface area contributed by atoms with Crippen molar-refractivity contribution in [2.75, 3.05) is 13.7 Å². The van der Waals surface area contributed by atoms with E-state index in [1.54, 1.807) is 0 Å². The van der Waals surface area contributed by atoms with Crippen molar-refractivity contribution in [2.45, 2.75) is 25.0 Å². The van der Waals surface area contributed by atoms with Gasteiger partial charge in [-0.25, -0.2) is 0 Å². The van der Waals surface area contributed by atoms with Gasteiger partial charge in [0.05, 0.1) is 6.10 Å². The Morgan fingerprint density at radius 2 is 2.08 bits per heavy atom. The zero-order valence-electron chi connectivity index (χ0n) is 7.32. The van der Waals surface area contributed by atoms with Gasteiger partial charge in [0, 0.05) is 13.2 Å². The van der Waals surface area contributed by atoms with Crippen LogP contribution in [-0.2, 0) is 4.74 Å². The molecule has 1 saturated heterocycles. The summed E-state index contributed by atoms with van der Waals surface area (Å²) in [6, 6.07) is 0.712. The van der Waals surface area contributed by atoms with Gasteiger partial charge < -0.3 is 10.1 Å². The molecule has 1 aliphatic heterocycles. The Hall–Kier alpha value is 0.210. The Bertz CT molecular complexity index is 185. The van der Waals surface area contributed by atoms with Crippen molar-refractivity contribution < 1.29 is 4.74 Å². The van der Waals surface area contributed by atoms with E-state index < -0.39 is 0 Å². The van der Waals surface area contributed by atoms with Gasteiger partial charge in [-0.05, 0) is 37.1 Å². The highest BCUT2D eigenvalue weighted by atomic mass is 35.5. The second kappa shape index (κ2) is 2.86. The van der Waals surface area contributed by atoms with Crippen LogP contribution in [0.2, 0.25) is 0 Å². The van der Waals surface area contributed by atoms with Crippen LogP contribution in [0.15, 0.2) is 0 Å². The third-order valence-electron chi connectivity index (χ3n) is 3.95. The maximum Gasteiger partial charge on any atom is 0.0755 e. The minimum absolute atomic E-state index is 0. The SMILES string of the molecule is COC1C2CC3CNC1C3C2.Cl. The summed E-state index contributed by atoms with van der Waals surface area (Å²) in [4.78, 5) is 0. The summed E-state index contributed by atoms with van der Waals surface area (Å²) in [6.45, 7) is 1.26. The van der Waals surface area contributed by atoms with Crippen molar-refractivity contribution in [3.8, 4) is 0 Å². The predicted molar refractivity (Wildman–Crippen MR) is 49.5 cm³/mol. The lowest BCUT2D eigenvalue weighted by Crippen LogP contribution is -2.38. The molecular weight excluding hydrogens is 174 g/mol. The molecule has 3 aliphatic rings. The van der Waals surface area contributed by atoms with Crippen LogP contribution >= 0.6 is 12.4 Å². The Labute approximate surface area is 79.5 Å². The first-order valence-electron chi connectivity index (χ1n) is 4.66. The average Bonchev–Trinajstić information content (AvgIpc) is 2.55. The van der Waals surface area contributed by atoms with Crippen molar-refractivity contribution >= 4 is 12.4 Å². The molecule has 3 rings (SSSR count). The van der Waals surface area contributed by atoms with E-state index in [-0.39, 0.29) is 12.4 Å². The van der Waals surface area contributed by atoms with E-state index in [4.69, 9.17) is 4.74 Å². The maximum atomic E-state index is 5.51. The number of hydrogen-bond acceptors (Lipinski definition) is 2. The van der Waals surface area contributed by atoms with Crippen LogP contribution in [0.5, 0.6) is 0 Å². The van der Waals surface area contributed by atoms with Crippen LogP contribution in [0, 0.1) is 17.8 Å². The Morgan fingerprint density at radius 3 is 2.83 bits per heavy atom. The molecule has 0 amide bonds. The fourth-order valence-electron chi connectivity index (χ4n) is 3.58. The fraction of sp³-hybridized carbons (Fsp3) is 1.00. The third kappa shape index (κ3) is 0.889. The first-order chi connectivity index (χ1) is 5.40. The second-order valence-corrected chi connectivity index (χ2v) is 4.29. The Morgan fingerprint density at radius 1 is 1.25 bits per heavy atom. The predicted octanol–water partition coefficient (Wildman–Crippen LogP) is 1.05. The molecule has 5 atom stereocenters. The molecule has 3 heteroatoms. The summed E-state index contributed by atoms with van der Waals surface area (Å²) in [5.41, 5.74) is 0. The van der Waals surface area contributed by atoms with Gasteiger partial charge in [0.1, 0.15) is 0 Å². The van der Waals surface area contributed by atoms with Crippen molar-refractivity contribution in [3.05, 3.63) is 0 Å². The van der Waals surface area contributed by atoms with Crippen LogP contribution < -0.4 is 5.32 Å². The number of methoxy groups -OCH3 is 1. The molecule has 2 saturated carbocycles. The molecule has 1 N–H and O–H groups in total. The molecule has 2 bridgehead atoms. The van der Waals surface area contributed by atoms with Crippen molar-refractivity contribution in [1.82, 2.24) is 5.32 Å². The van der Waals surface area contributed by atoms with Gasteiger partial charge in [-0.1, -0.05) is 0 Å². The summed E-state index contributed by atoms with van der Waals surface area (Å²) in [5.74, 6) is 2.84. The van der Waals surface area contributed by atoms with Gasteiger partial charge in [-0.15, -0.1) is 12.4 Å². The van der Waals surface area contributed by atoms with Crippen molar-refractivity contribution in [1.29, 1.82) is 0 Å². The molecule has 2 aliphatic carbocycles. The van der Waals surface area contributed by atoms with Gasteiger partial charge in [0.25, 0.3) is 0 Å². The summed E-state index contributed by atoms with van der Waals surface area (Å²) in [6.07, 6.45) is 3.40. The highest BCUT2D eigenvalue weighted by Crippen LogP contribution is 2.52. The summed E-state index contributed by atoms with van der Waals surface area (Å²) >= 11 is 0. The van der Waals surface area contributed by atoms with Gasteiger partial charge in [0.15, 0.2) is 0 Å². The number of halogens is 1. The number of ether oxygens (including phenoxy) is 1. The third-order valence-corrected chi connectivity index (χ3v) is 3.95. The molecule has 0 spiro atoms. The molecule has 0 radical (unpaired) electrons. The molecule has 12 heavy (non-hydrogen) atoms. The minimum atomic E-state index is 0. The van der Waals surface area contributed by atoms with Crippen LogP contribution in [-0.4, -0.2) is 25.8 Å². The van der Waals surface area contributed by atoms with Crippen LogP contribution in [0.1, 0.15) is 12.8 Å². The lowest BCUT2D eigenvalue weighted by atomic mass is 9.88. The lowest BCUT2D eigenvalue weighted by Gasteiger charge is -2.26. The van der Waals surface area contributed by atoms with E-state index in [9.17, 15) is 0 Å². The Kier molecular flexibility index (Phi) is 2.10. The zero-order valence-corrected chi connectivity index (χ0v) is 8.14. The van der Waals surface area contributed by atoms with Gasteiger partial charge in [-0.2, -0.15) is 0 Å². The second-order valence-electron chi connectivity index (χ2n) is 4.29. The van der Waals surface area contributed by atoms with E-state index in [0.29, 0.717) is 12.1 Å². The lowest BCUT2D eigenvalue weighted by molar-refractivity contribution is 0.0401. The molecule has 70 valence electrons. The highest BCUT2D eigenvalue weighted by Gasteiger charge is 2.56. The maximum absolute atomic E-state index is 5.51. The largest absolute Gasteiger partial charge is 0.380 e. The molecule has 0 aromatic rings. The number of nitrogens with one attached hydrogen (secondary N) is 1. The molecular formula is C9H16ClNO. The van der Waals surface area contributed by atoms with Gasteiger partial charge in [-0.3, -0.25) is 0 Å². The van der Waals surface area contributed by atoms with E-state index >= 15 is 0 Å². The topological polar surface area (TPSA) is 21.3 Å². The first-order valence-corrected chi connectivity index (χ1v) is 4.66. The average molecular weight is 190 g/mol. The normalized spacial score (nSPS) is 54.2. The van der Waals surface area contributed by atoms with Crippen molar-refractivity contribution in [3.63, 3.8) is 0 Å². The highest BCUT2D eigenvalue weighted by molar-refractivity contribution is 5.85. The fourth-order valence-corrected chi connectivity index (χ4v) is 3.58. The smallest absolute Gasteiger partial charge is 0.0755 e. The van der Waals surface area contributed by atoms with E-state index in [1.165, 1.54) is 19.4 Å². The van der Waals surface area contributed by atoms with E-state index in [1.807, 2.05) is 7.11 Å². The monoisotopic (exact) mass is 189 g/mol. The zero-order chi connectivity index (χ0) is 7.42. The van der Waals surface area contributed by atoms with E-state index in [2.05, 4.69) is 5.32 Å². The van der Waals surface area contributed by atoms with Crippen LogP contribution in [0.3, 0.4) is 0 Å². The summed E-state index contributed by atoms with van der Waals surface area (Å²) < 4.78 is 5.51. The first kappa shape index (κ1) is 8.79. The number of fused-ring (bicyclic) bond motifs is 1. The molecule has 0 aromatic carbocycles. The van der Waals surface area contributed by atoms with Gasteiger partial charge in [0.2, 0.25) is 0 Å².